The molecule has 23 heavy (non-hydrogen) atoms. The second-order valence-corrected chi connectivity index (χ2v) is 5.87. The Bertz CT molecular complexity index is 773. The fourth-order valence-corrected chi connectivity index (χ4v) is 3.25. The lowest BCUT2D eigenvalue weighted by molar-refractivity contribution is 0.414. The quantitative estimate of drug-likeness (QED) is 0.647. The molecule has 118 valence electrons. The summed E-state index contributed by atoms with van der Waals surface area (Å²) in [6.07, 6.45) is 3.54. The van der Waals surface area contributed by atoms with Gasteiger partial charge in [-0.15, -0.1) is 10.2 Å². The van der Waals surface area contributed by atoms with Gasteiger partial charge in [0.25, 0.3) is 0 Å². The molecule has 0 fully saturated rings. The summed E-state index contributed by atoms with van der Waals surface area (Å²) in [5, 5.41) is 9.61. The van der Waals surface area contributed by atoms with Crippen molar-refractivity contribution in [2.45, 2.75) is 24.4 Å². The first-order valence-electron chi connectivity index (χ1n) is 7.41. The van der Waals surface area contributed by atoms with Crippen molar-refractivity contribution in [3.63, 3.8) is 0 Å². The van der Waals surface area contributed by atoms with Crippen molar-refractivity contribution in [3.05, 3.63) is 54.4 Å². The van der Waals surface area contributed by atoms with Crippen LogP contribution in [0.1, 0.15) is 12.5 Å². The van der Waals surface area contributed by atoms with Gasteiger partial charge in [-0.3, -0.25) is 4.98 Å². The number of rotatable bonds is 6. The fourth-order valence-electron chi connectivity index (χ4n) is 2.31. The van der Waals surface area contributed by atoms with E-state index in [1.807, 2.05) is 30.3 Å². The predicted molar refractivity (Wildman–Crippen MR) is 91.5 cm³/mol. The molecule has 2 aromatic heterocycles. The Morgan fingerprint density at radius 3 is 2.70 bits per heavy atom. The highest BCUT2D eigenvalue weighted by Crippen LogP contribution is 2.27. The van der Waals surface area contributed by atoms with Gasteiger partial charge in [0.1, 0.15) is 5.75 Å². The van der Waals surface area contributed by atoms with Crippen LogP contribution in [0.3, 0.4) is 0 Å². The average molecular weight is 326 g/mol. The Morgan fingerprint density at radius 1 is 1.13 bits per heavy atom. The van der Waals surface area contributed by atoms with Gasteiger partial charge in [0.2, 0.25) is 0 Å². The van der Waals surface area contributed by atoms with Gasteiger partial charge in [0.05, 0.1) is 7.11 Å². The maximum Gasteiger partial charge on any atom is 0.191 e. The van der Waals surface area contributed by atoms with Crippen LogP contribution in [0.15, 0.2) is 53.9 Å². The standard InChI is InChI=1S/C17H18N4OS/c1-3-21-16(14-7-9-18-10-8-14)19-20-17(21)23-12-13-5-4-6-15(11-13)22-2/h4-11H,3,12H2,1-2H3. The van der Waals surface area contributed by atoms with E-state index in [0.29, 0.717) is 0 Å². The number of thioether (sulfide) groups is 1. The van der Waals surface area contributed by atoms with E-state index in [1.165, 1.54) is 5.56 Å². The Hall–Kier alpha value is -2.34. The van der Waals surface area contributed by atoms with Crippen molar-refractivity contribution in [1.29, 1.82) is 0 Å². The summed E-state index contributed by atoms with van der Waals surface area (Å²) >= 11 is 1.68. The highest BCUT2D eigenvalue weighted by Gasteiger charge is 2.13. The van der Waals surface area contributed by atoms with Crippen molar-refractivity contribution in [2.75, 3.05) is 7.11 Å². The minimum Gasteiger partial charge on any atom is -0.497 e. The van der Waals surface area contributed by atoms with Gasteiger partial charge in [-0.2, -0.15) is 0 Å². The number of hydrogen-bond donors (Lipinski definition) is 0. The smallest absolute Gasteiger partial charge is 0.191 e. The topological polar surface area (TPSA) is 52.8 Å². The summed E-state index contributed by atoms with van der Waals surface area (Å²) in [6, 6.07) is 12.0. The largest absolute Gasteiger partial charge is 0.497 e. The molecule has 0 bridgehead atoms. The molecule has 0 aliphatic heterocycles. The zero-order valence-electron chi connectivity index (χ0n) is 13.1. The zero-order valence-corrected chi connectivity index (χ0v) is 14.0. The van der Waals surface area contributed by atoms with Crippen LogP contribution >= 0.6 is 11.8 Å². The Labute approximate surface area is 139 Å². The van der Waals surface area contributed by atoms with E-state index in [-0.39, 0.29) is 0 Å². The third-order valence-electron chi connectivity index (χ3n) is 3.47. The predicted octanol–water partition coefficient (Wildman–Crippen LogP) is 3.66. The van der Waals surface area contributed by atoms with Crippen LogP contribution in [0, 0.1) is 0 Å². The molecule has 0 atom stereocenters. The summed E-state index contributed by atoms with van der Waals surface area (Å²) in [6.45, 7) is 2.93. The Kier molecular flexibility index (Phi) is 4.92. The van der Waals surface area contributed by atoms with E-state index in [1.54, 1.807) is 31.3 Å². The minimum atomic E-state index is 0.825. The van der Waals surface area contributed by atoms with E-state index >= 15 is 0 Å². The first-order valence-corrected chi connectivity index (χ1v) is 8.39. The molecule has 6 heteroatoms. The number of ether oxygens (including phenoxy) is 1. The molecule has 0 N–H and O–H groups in total. The number of nitrogens with zero attached hydrogens (tertiary/aromatic N) is 4. The van der Waals surface area contributed by atoms with Crippen molar-refractivity contribution in [3.8, 4) is 17.1 Å². The Balaban J connectivity index is 1.79. The number of pyridine rings is 1. The molecule has 5 nitrogen and oxygen atoms in total. The van der Waals surface area contributed by atoms with Crippen LogP contribution in [-0.4, -0.2) is 26.9 Å². The van der Waals surface area contributed by atoms with E-state index in [2.05, 4.69) is 32.7 Å². The molecular formula is C17H18N4OS. The van der Waals surface area contributed by atoms with Crippen LogP contribution in [0.2, 0.25) is 0 Å². The molecule has 2 heterocycles. The van der Waals surface area contributed by atoms with E-state index < -0.39 is 0 Å². The lowest BCUT2D eigenvalue weighted by atomic mass is 10.2. The number of benzene rings is 1. The summed E-state index contributed by atoms with van der Waals surface area (Å²) in [7, 11) is 1.68. The van der Waals surface area contributed by atoms with Gasteiger partial charge in [-0.25, -0.2) is 0 Å². The average Bonchev–Trinajstić information content (AvgIpc) is 3.04. The van der Waals surface area contributed by atoms with Crippen molar-refractivity contribution >= 4 is 11.8 Å². The minimum absolute atomic E-state index is 0.825. The summed E-state index contributed by atoms with van der Waals surface area (Å²) in [5.74, 6) is 2.58. The second kappa shape index (κ2) is 7.28. The molecule has 0 saturated carbocycles. The molecule has 3 aromatic rings. The molecule has 0 spiro atoms. The van der Waals surface area contributed by atoms with Crippen LogP contribution in [0.25, 0.3) is 11.4 Å². The van der Waals surface area contributed by atoms with Crippen LogP contribution in [0.4, 0.5) is 0 Å². The van der Waals surface area contributed by atoms with Crippen LogP contribution in [0.5, 0.6) is 5.75 Å². The summed E-state index contributed by atoms with van der Waals surface area (Å²) in [4.78, 5) is 4.05. The monoisotopic (exact) mass is 326 g/mol. The van der Waals surface area contributed by atoms with Crippen LogP contribution < -0.4 is 4.74 Å². The first kappa shape index (κ1) is 15.6. The van der Waals surface area contributed by atoms with E-state index in [9.17, 15) is 0 Å². The summed E-state index contributed by atoms with van der Waals surface area (Å²) in [5.41, 5.74) is 2.23. The van der Waals surface area contributed by atoms with Gasteiger partial charge in [-0.05, 0) is 36.8 Å². The third kappa shape index (κ3) is 3.53. The number of methoxy groups -OCH3 is 1. The Morgan fingerprint density at radius 2 is 1.96 bits per heavy atom. The molecule has 0 amide bonds. The second-order valence-electron chi connectivity index (χ2n) is 4.93. The fraction of sp³-hybridized carbons (Fsp3) is 0.235. The lowest BCUT2D eigenvalue weighted by Crippen LogP contribution is -2.00. The first-order chi connectivity index (χ1) is 11.3. The van der Waals surface area contributed by atoms with Crippen molar-refractivity contribution in [2.24, 2.45) is 0 Å². The zero-order chi connectivity index (χ0) is 16.1. The summed E-state index contributed by atoms with van der Waals surface area (Å²) < 4.78 is 7.39. The SMILES string of the molecule is CCn1c(SCc2cccc(OC)c2)nnc1-c1ccncc1. The van der Waals surface area contributed by atoms with E-state index in [0.717, 1.165) is 34.6 Å². The normalized spacial score (nSPS) is 10.7. The molecule has 3 rings (SSSR count). The van der Waals surface area contributed by atoms with Gasteiger partial charge in [0.15, 0.2) is 11.0 Å². The maximum absolute atomic E-state index is 5.27. The van der Waals surface area contributed by atoms with Crippen molar-refractivity contribution < 1.29 is 4.74 Å². The molecule has 1 aromatic carbocycles. The molecular weight excluding hydrogens is 308 g/mol. The third-order valence-corrected chi connectivity index (χ3v) is 4.51. The lowest BCUT2D eigenvalue weighted by Gasteiger charge is -2.07. The number of aromatic nitrogens is 4. The van der Waals surface area contributed by atoms with Gasteiger partial charge in [0, 0.05) is 30.3 Å². The van der Waals surface area contributed by atoms with Gasteiger partial charge < -0.3 is 9.30 Å². The molecule has 0 aliphatic carbocycles. The van der Waals surface area contributed by atoms with Gasteiger partial charge >= 0.3 is 0 Å². The molecule has 0 radical (unpaired) electrons. The molecule has 0 aliphatic rings. The van der Waals surface area contributed by atoms with Gasteiger partial charge in [-0.1, -0.05) is 23.9 Å². The van der Waals surface area contributed by atoms with Crippen molar-refractivity contribution in [1.82, 2.24) is 19.7 Å². The highest BCUT2D eigenvalue weighted by atomic mass is 32.2. The van der Waals surface area contributed by atoms with Crippen LogP contribution in [-0.2, 0) is 12.3 Å². The maximum atomic E-state index is 5.27. The van der Waals surface area contributed by atoms with E-state index in [4.69, 9.17) is 4.74 Å². The molecule has 0 saturated heterocycles. The number of hydrogen-bond acceptors (Lipinski definition) is 5. The molecule has 0 unspecified atom stereocenters. The highest BCUT2D eigenvalue weighted by molar-refractivity contribution is 7.98.